The highest BCUT2D eigenvalue weighted by Crippen LogP contribution is 2.30. The van der Waals surface area contributed by atoms with Crippen molar-refractivity contribution in [3.8, 4) is 0 Å². The summed E-state index contributed by atoms with van der Waals surface area (Å²) in [6, 6.07) is 10.9. The normalized spacial score (nSPS) is 11.7. The molecule has 9 heteroatoms. The zero-order valence-electron chi connectivity index (χ0n) is 15.7. The molecule has 2 aromatic carbocycles. The van der Waals surface area contributed by atoms with E-state index in [1.807, 2.05) is 0 Å². The van der Waals surface area contributed by atoms with Crippen molar-refractivity contribution in [3.05, 3.63) is 65.1 Å². The van der Waals surface area contributed by atoms with Gasteiger partial charge in [0.25, 0.3) is 0 Å². The second-order valence-electron chi connectivity index (χ2n) is 6.44. The van der Waals surface area contributed by atoms with Crippen LogP contribution in [0.15, 0.2) is 53.6 Å². The van der Waals surface area contributed by atoms with Crippen LogP contribution in [0.2, 0.25) is 5.02 Å². The molecule has 1 heterocycles. The molecule has 3 rings (SSSR count). The van der Waals surface area contributed by atoms with Crippen LogP contribution in [0.4, 0.5) is 4.39 Å². The molecule has 1 aromatic heterocycles. The van der Waals surface area contributed by atoms with Gasteiger partial charge in [-0.1, -0.05) is 35.9 Å². The fourth-order valence-corrected chi connectivity index (χ4v) is 4.97. The number of carbonyl (C=O) groups is 1. The summed E-state index contributed by atoms with van der Waals surface area (Å²) in [6.07, 6.45) is 1.41. The average Bonchev–Trinajstić information content (AvgIpc) is 3.05. The van der Waals surface area contributed by atoms with Gasteiger partial charge >= 0.3 is 0 Å². The third-order valence-electron chi connectivity index (χ3n) is 4.43. The molecule has 0 saturated carbocycles. The Labute approximate surface area is 173 Å². The molecule has 1 amide bonds. The molecule has 0 saturated heterocycles. The van der Waals surface area contributed by atoms with Crippen LogP contribution in [-0.2, 0) is 31.7 Å². The zero-order valence-corrected chi connectivity index (χ0v) is 17.3. The Hall–Kier alpha value is -2.42. The van der Waals surface area contributed by atoms with Crippen molar-refractivity contribution < 1.29 is 22.3 Å². The maximum absolute atomic E-state index is 14.1. The summed E-state index contributed by atoms with van der Waals surface area (Å²) < 4.78 is 46.7. The van der Waals surface area contributed by atoms with Crippen LogP contribution >= 0.6 is 11.6 Å². The van der Waals surface area contributed by atoms with E-state index in [1.54, 1.807) is 28.8 Å². The Kier molecular flexibility index (Phi) is 6.56. The Morgan fingerprint density at radius 2 is 1.97 bits per heavy atom. The van der Waals surface area contributed by atoms with E-state index in [2.05, 4.69) is 5.32 Å². The van der Waals surface area contributed by atoms with Gasteiger partial charge in [0.05, 0.1) is 17.3 Å². The number of fused-ring (bicyclic) bond motifs is 1. The van der Waals surface area contributed by atoms with Crippen LogP contribution < -0.4 is 5.32 Å². The highest BCUT2D eigenvalue weighted by molar-refractivity contribution is 7.90. The summed E-state index contributed by atoms with van der Waals surface area (Å²) in [6.45, 7) is 0.673. The third-order valence-corrected chi connectivity index (χ3v) is 6.44. The number of ether oxygens (including phenoxy) is 1. The maximum Gasteiger partial charge on any atom is 0.240 e. The van der Waals surface area contributed by atoms with Gasteiger partial charge in [0, 0.05) is 41.3 Å². The van der Waals surface area contributed by atoms with E-state index in [1.165, 1.54) is 31.5 Å². The van der Waals surface area contributed by atoms with E-state index in [4.69, 9.17) is 16.3 Å². The van der Waals surface area contributed by atoms with Crippen LogP contribution in [0.3, 0.4) is 0 Å². The van der Waals surface area contributed by atoms with Gasteiger partial charge in [0.2, 0.25) is 5.91 Å². The van der Waals surface area contributed by atoms with Gasteiger partial charge in [-0.25, -0.2) is 12.8 Å². The lowest BCUT2D eigenvalue weighted by Gasteiger charge is -2.07. The Balaban J connectivity index is 1.96. The zero-order chi connectivity index (χ0) is 21.0. The summed E-state index contributed by atoms with van der Waals surface area (Å²) in [7, 11) is -2.39. The largest absolute Gasteiger partial charge is 0.383 e. The molecule has 0 atom stereocenters. The van der Waals surface area contributed by atoms with E-state index < -0.39 is 21.4 Å². The number of benzene rings is 2. The van der Waals surface area contributed by atoms with Gasteiger partial charge in [-0.3, -0.25) is 4.79 Å². The number of hydrogen-bond donors (Lipinski definition) is 1. The summed E-state index contributed by atoms with van der Waals surface area (Å²) >= 11 is 6.00. The molecular formula is C20H20ClFN2O4S. The number of amides is 1. The molecule has 1 N–H and O–H groups in total. The standard InChI is InChI=1S/C20H20ClFN2O4S/c1-28-10-9-23-20(25)12-24-11-19(14-5-2-3-8-18(14)24)29(26,27)13-15-16(21)6-4-7-17(15)22/h2-8,11H,9-10,12-13H2,1H3,(H,23,25). The van der Waals surface area contributed by atoms with Gasteiger partial charge in [0.1, 0.15) is 12.4 Å². The Morgan fingerprint density at radius 1 is 1.21 bits per heavy atom. The number of hydrogen-bond acceptors (Lipinski definition) is 4. The van der Waals surface area contributed by atoms with Crippen LogP contribution in [0, 0.1) is 5.82 Å². The number of sulfone groups is 1. The van der Waals surface area contributed by atoms with Crippen molar-refractivity contribution in [3.63, 3.8) is 0 Å². The lowest BCUT2D eigenvalue weighted by atomic mass is 10.2. The minimum atomic E-state index is -3.92. The van der Waals surface area contributed by atoms with E-state index in [0.29, 0.717) is 24.1 Å². The number of carbonyl (C=O) groups excluding carboxylic acids is 1. The Morgan fingerprint density at radius 3 is 2.69 bits per heavy atom. The van der Waals surface area contributed by atoms with Crippen LogP contribution in [0.5, 0.6) is 0 Å². The quantitative estimate of drug-likeness (QED) is 0.548. The first-order chi connectivity index (χ1) is 13.8. The van der Waals surface area contributed by atoms with Crippen LogP contribution in [0.25, 0.3) is 10.9 Å². The number of methoxy groups -OCH3 is 1. The minimum absolute atomic E-state index is 0.0251. The van der Waals surface area contributed by atoms with Gasteiger partial charge in [-0.15, -0.1) is 0 Å². The maximum atomic E-state index is 14.1. The lowest BCUT2D eigenvalue weighted by Crippen LogP contribution is -2.30. The molecule has 6 nitrogen and oxygen atoms in total. The van der Waals surface area contributed by atoms with Crippen molar-refractivity contribution in [1.29, 1.82) is 0 Å². The van der Waals surface area contributed by atoms with Crippen LogP contribution in [0.1, 0.15) is 5.56 Å². The van der Waals surface area contributed by atoms with Gasteiger partial charge in [0.15, 0.2) is 9.84 Å². The summed E-state index contributed by atoms with van der Waals surface area (Å²) in [5.41, 5.74) is 0.510. The second kappa shape index (κ2) is 8.94. The number of para-hydroxylation sites is 1. The molecule has 29 heavy (non-hydrogen) atoms. The van der Waals surface area contributed by atoms with E-state index in [0.717, 1.165) is 0 Å². The van der Waals surface area contributed by atoms with Gasteiger partial charge in [-0.2, -0.15) is 0 Å². The van der Waals surface area contributed by atoms with Crippen molar-refractivity contribution in [2.24, 2.45) is 0 Å². The predicted octanol–water partition coefficient (Wildman–Crippen LogP) is 3.17. The topological polar surface area (TPSA) is 77.4 Å². The summed E-state index contributed by atoms with van der Waals surface area (Å²) in [5, 5.41) is 3.21. The average molecular weight is 439 g/mol. The first-order valence-electron chi connectivity index (χ1n) is 8.82. The third kappa shape index (κ3) is 4.77. The lowest BCUT2D eigenvalue weighted by molar-refractivity contribution is -0.121. The van der Waals surface area contributed by atoms with Crippen molar-refractivity contribution in [2.75, 3.05) is 20.3 Å². The summed E-state index contributed by atoms with van der Waals surface area (Å²) in [5.74, 6) is -1.53. The second-order valence-corrected chi connectivity index (χ2v) is 8.81. The predicted molar refractivity (Wildman–Crippen MR) is 109 cm³/mol. The number of aromatic nitrogens is 1. The molecule has 0 bridgehead atoms. The smallest absolute Gasteiger partial charge is 0.240 e. The fraction of sp³-hybridized carbons (Fsp3) is 0.250. The molecule has 0 unspecified atom stereocenters. The highest BCUT2D eigenvalue weighted by atomic mass is 35.5. The van der Waals surface area contributed by atoms with Crippen molar-refractivity contribution >= 4 is 38.2 Å². The number of halogens is 2. The first-order valence-corrected chi connectivity index (χ1v) is 10.9. The molecule has 154 valence electrons. The van der Waals surface area contributed by atoms with E-state index in [9.17, 15) is 17.6 Å². The van der Waals surface area contributed by atoms with Crippen LogP contribution in [-0.4, -0.2) is 39.2 Å². The first kappa shape index (κ1) is 21.3. The van der Waals surface area contributed by atoms with Crippen molar-refractivity contribution in [1.82, 2.24) is 9.88 Å². The van der Waals surface area contributed by atoms with E-state index >= 15 is 0 Å². The Bertz CT molecular complexity index is 1120. The SMILES string of the molecule is COCCNC(=O)Cn1cc(S(=O)(=O)Cc2c(F)cccc2Cl)c2ccccc21. The highest BCUT2D eigenvalue weighted by Gasteiger charge is 2.24. The van der Waals surface area contributed by atoms with Crippen molar-refractivity contribution in [2.45, 2.75) is 17.2 Å². The molecule has 0 aliphatic heterocycles. The number of nitrogens with zero attached hydrogens (tertiary/aromatic N) is 1. The molecule has 3 aromatic rings. The van der Waals surface area contributed by atoms with Gasteiger partial charge in [-0.05, 0) is 18.2 Å². The van der Waals surface area contributed by atoms with Gasteiger partial charge < -0.3 is 14.6 Å². The number of nitrogens with one attached hydrogen (secondary N) is 1. The van der Waals surface area contributed by atoms with E-state index in [-0.39, 0.29) is 27.9 Å². The molecular weight excluding hydrogens is 419 g/mol. The summed E-state index contributed by atoms with van der Waals surface area (Å²) in [4.78, 5) is 12.2. The minimum Gasteiger partial charge on any atom is -0.383 e. The monoisotopic (exact) mass is 438 g/mol. The fourth-order valence-electron chi connectivity index (χ4n) is 3.03. The molecule has 0 spiro atoms. The molecule has 0 aliphatic rings. The molecule has 0 fully saturated rings. The molecule has 0 aliphatic carbocycles. The molecule has 0 radical (unpaired) electrons. The number of rotatable bonds is 8.